The number of amides is 1. The highest BCUT2D eigenvalue weighted by Crippen LogP contribution is 2.23. The summed E-state index contributed by atoms with van der Waals surface area (Å²) in [4.78, 5) is 15.3. The quantitative estimate of drug-likeness (QED) is 0.738. The third-order valence-electron chi connectivity index (χ3n) is 4.07. The monoisotopic (exact) mass is 328 g/mol. The summed E-state index contributed by atoms with van der Waals surface area (Å²) in [6.45, 7) is 2.35. The summed E-state index contributed by atoms with van der Waals surface area (Å²) in [5, 5.41) is 3.59. The smallest absolute Gasteiger partial charge is 0.224 e. The molecule has 0 aliphatic carbocycles. The lowest BCUT2D eigenvalue weighted by molar-refractivity contribution is -0.120. The Hall–Kier alpha value is -2.69. The first kappa shape index (κ1) is 16.2. The number of carbonyl (C=O) groups excluding carboxylic acids is 1. The SMILES string of the molecule is Cc1[nH]c2ccc(F)cc2c1CC(=O)NCCc1ccc(F)cc1. The average molecular weight is 328 g/mol. The molecule has 0 aliphatic rings. The summed E-state index contributed by atoms with van der Waals surface area (Å²) in [6.07, 6.45) is 0.826. The highest BCUT2D eigenvalue weighted by molar-refractivity contribution is 5.90. The van der Waals surface area contributed by atoms with Crippen molar-refractivity contribution >= 4 is 16.8 Å². The lowest BCUT2D eigenvalue weighted by Crippen LogP contribution is -2.27. The molecule has 2 N–H and O–H groups in total. The van der Waals surface area contributed by atoms with Gasteiger partial charge in [-0.15, -0.1) is 0 Å². The summed E-state index contributed by atoms with van der Waals surface area (Å²) in [7, 11) is 0. The van der Waals surface area contributed by atoms with Crippen LogP contribution in [0.2, 0.25) is 0 Å². The fourth-order valence-electron chi connectivity index (χ4n) is 2.80. The minimum absolute atomic E-state index is 0.120. The first-order valence-electron chi connectivity index (χ1n) is 7.81. The molecule has 0 radical (unpaired) electrons. The Morgan fingerprint density at radius 1 is 1.08 bits per heavy atom. The number of hydrogen-bond donors (Lipinski definition) is 2. The van der Waals surface area contributed by atoms with Gasteiger partial charge in [-0.3, -0.25) is 4.79 Å². The Labute approximate surface area is 138 Å². The van der Waals surface area contributed by atoms with E-state index in [4.69, 9.17) is 0 Å². The Bertz CT molecular complexity index is 869. The molecule has 0 saturated heterocycles. The van der Waals surface area contributed by atoms with Crippen LogP contribution in [0.4, 0.5) is 8.78 Å². The molecule has 0 fully saturated rings. The number of nitrogens with one attached hydrogen (secondary N) is 2. The molecule has 0 bridgehead atoms. The lowest BCUT2D eigenvalue weighted by Gasteiger charge is -2.06. The predicted molar refractivity (Wildman–Crippen MR) is 89.8 cm³/mol. The van der Waals surface area contributed by atoms with Gasteiger partial charge in [-0.2, -0.15) is 0 Å². The minimum atomic E-state index is -0.320. The van der Waals surface area contributed by atoms with E-state index < -0.39 is 0 Å². The molecular weight excluding hydrogens is 310 g/mol. The van der Waals surface area contributed by atoms with Gasteiger partial charge in [0.25, 0.3) is 0 Å². The van der Waals surface area contributed by atoms with Crippen molar-refractivity contribution < 1.29 is 13.6 Å². The van der Waals surface area contributed by atoms with Crippen LogP contribution in [-0.2, 0) is 17.6 Å². The number of halogens is 2. The summed E-state index contributed by atoms with van der Waals surface area (Å²) in [5.74, 6) is -0.713. The highest BCUT2D eigenvalue weighted by atomic mass is 19.1. The van der Waals surface area contributed by atoms with E-state index in [9.17, 15) is 13.6 Å². The van der Waals surface area contributed by atoms with Gasteiger partial charge in [-0.1, -0.05) is 12.1 Å². The standard InChI is InChI=1S/C19H18F2N2O/c1-12-16(17-10-15(21)6-7-18(17)23-12)11-19(24)22-9-8-13-2-4-14(20)5-3-13/h2-7,10,23H,8-9,11H2,1H3,(H,22,24). The number of H-pyrrole nitrogens is 1. The van der Waals surface area contributed by atoms with Gasteiger partial charge in [0.05, 0.1) is 6.42 Å². The van der Waals surface area contributed by atoms with Crippen molar-refractivity contribution in [1.29, 1.82) is 0 Å². The van der Waals surface area contributed by atoms with Crippen LogP contribution in [0.15, 0.2) is 42.5 Å². The van der Waals surface area contributed by atoms with Crippen LogP contribution in [0, 0.1) is 18.6 Å². The van der Waals surface area contributed by atoms with Crippen LogP contribution in [0.3, 0.4) is 0 Å². The Morgan fingerprint density at radius 2 is 1.79 bits per heavy atom. The van der Waals surface area contributed by atoms with Gasteiger partial charge in [-0.05, 0) is 54.8 Å². The second-order valence-electron chi connectivity index (χ2n) is 5.82. The zero-order chi connectivity index (χ0) is 17.1. The molecule has 3 aromatic rings. The maximum Gasteiger partial charge on any atom is 0.224 e. The van der Waals surface area contributed by atoms with E-state index in [-0.39, 0.29) is 24.0 Å². The van der Waals surface area contributed by atoms with Crippen LogP contribution in [0.25, 0.3) is 10.9 Å². The van der Waals surface area contributed by atoms with Crippen molar-refractivity contribution in [2.45, 2.75) is 19.8 Å². The van der Waals surface area contributed by atoms with E-state index in [1.165, 1.54) is 24.3 Å². The van der Waals surface area contributed by atoms with E-state index >= 15 is 0 Å². The molecule has 0 spiro atoms. The molecule has 5 heteroatoms. The lowest BCUT2D eigenvalue weighted by atomic mass is 10.1. The molecule has 1 aromatic heterocycles. The topological polar surface area (TPSA) is 44.9 Å². The molecule has 0 aliphatic heterocycles. The van der Waals surface area contributed by atoms with Crippen molar-refractivity contribution in [3.63, 3.8) is 0 Å². The molecule has 3 nitrogen and oxygen atoms in total. The van der Waals surface area contributed by atoms with Gasteiger partial charge in [-0.25, -0.2) is 8.78 Å². The van der Waals surface area contributed by atoms with E-state index in [0.717, 1.165) is 27.7 Å². The minimum Gasteiger partial charge on any atom is -0.358 e. The van der Waals surface area contributed by atoms with E-state index in [2.05, 4.69) is 10.3 Å². The van der Waals surface area contributed by atoms with E-state index in [0.29, 0.717) is 13.0 Å². The molecular formula is C19H18F2N2O. The zero-order valence-corrected chi connectivity index (χ0v) is 13.3. The fraction of sp³-hybridized carbons (Fsp3) is 0.211. The number of carbonyl (C=O) groups is 1. The molecule has 0 saturated carbocycles. The van der Waals surface area contributed by atoms with Gasteiger partial charge >= 0.3 is 0 Å². The second kappa shape index (κ2) is 6.83. The molecule has 2 aromatic carbocycles. The molecule has 0 unspecified atom stereocenters. The van der Waals surface area contributed by atoms with Gasteiger partial charge in [0.15, 0.2) is 0 Å². The number of rotatable bonds is 5. The van der Waals surface area contributed by atoms with Crippen LogP contribution < -0.4 is 5.32 Å². The normalized spacial score (nSPS) is 11.0. The van der Waals surface area contributed by atoms with Crippen LogP contribution in [0.5, 0.6) is 0 Å². The predicted octanol–water partition coefficient (Wildman–Crippen LogP) is 3.66. The van der Waals surface area contributed by atoms with Crippen molar-refractivity contribution in [2.75, 3.05) is 6.54 Å². The van der Waals surface area contributed by atoms with Crippen LogP contribution >= 0.6 is 0 Å². The summed E-state index contributed by atoms with van der Waals surface area (Å²) in [5.41, 5.74) is 3.46. The van der Waals surface area contributed by atoms with Gasteiger partial charge in [0, 0.05) is 23.1 Å². The van der Waals surface area contributed by atoms with E-state index in [1.807, 2.05) is 6.92 Å². The van der Waals surface area contributed by atoms with Crippen molar-refractivity contribution in [3.05, 3.63) is 70.9 Å². The van der Waals surface area contributed by atoms with Crippen molar-refractivity contribution in [1.82, 2.24) is 10.3 Å². The Kier molecular flexibility index (Phi) is 4.60. The first-order chi connectivity index (χ1) is 11.5. The molecule has 3 rings (SSSR count). The van der Waals surface area contributed by atoms with Gasteiger partial charge in [0.1, 0.15) is 11.6 Å². The molecule has 1 amide bonds. The van der Waals surface area contributed by atoms with E-state index in [1.54, 1.807) is 18.2 Å². The third-order valence-corrected chi connectivity index (χ3v) is 4.07. The Morgan fingerprint density at radius 3 is 2.54 bits per heavy atom. The van der Waals surface area contributed by atoms with Gasteiger partial charge in [0.2, 0.25) is 5.91 Å². The maximum absolute atomic E-state index is 13.4. The number of aromatic nitrogens is 1. The third kappa shape index (κ3) is 3.62. The molecule has 24 heavy (non-hydrogen) atoms. The summed E-state index contributed by atoms with van der Waals surface area (Å²) in [6, 6.07) is 10.7. The van der Waals surface area contributed by atoms with Crippen molar-refractivity contribution in [3.8, 4) is 0 Å². The zero-order valence-electron chi connectivity index (χ0n) is 13.3. The fourth-order valence-corrected chi connectivity index (χ4v) is 2.80. The van der Waals surface area contributed by atoms with Crippen LogP contribution in [0.1, 0.15) is 16.8 Å². The maximum atomic E-state index is 13.4. The number of benzene rings is 2. The number of aromatic amines is 1. The van der Waals surface area contributed by atoms with Gasteiger partial charge < -0.3 is 10.3 Å². The van der Waals surface area contributed by atoms with Crippen LogP contribution in [-0.4, -0.2) is 17.4 Å². The largest absolute Gasteiger partial charge is 0.358 e. The Balaban J connectivity index is 1.61. The highest BCUT2D eigenvalue weighted by Gasteiger charge is 2.13. The number of hydrogen-bond acceptors (Lipinski definition) is 1. The molecule has 124 valence electrons. The van der Waals surface area contributed by atoms with Crippen molar-refractivity contribution in [2.24, 2.45) is 0 Å². The second-order valence-corrected chi connectivity index (χ2v) is 5.82. The molecule has 1 heterocycles. The summed E-state index contributed by atoms with van der Waals surface area (Å²) < 4.78 is 26.3. The summed E-state index contributed by atoms with van der Waals surface area (Å²) >= 11 is 0. The molecule has 0 atom stereocenters. The number of aryl methyl sites for hydroxylation is 1. The average Bonchev–Trinajstić information content (AvgIpc) is 2.85. The number of fused-ring (bicyclic) bond motifs is 1. The first-order valence-corrected chi connectivity index (χ1v) is 7.81.